The third-order valence-corrected chi connectivity index (χ3v) is 5.50. The second-order valence-corrected chi connectivity index (χ2v) is 7.97. The molecule has 106 valence electrons. The Morgan fingerprint density at radius 3 is 2.58 bits per heavy atom. The van der Waals surface area contributed by atoms with Gasteiger partial charge in [0.05, 0.1) is 10.3 Å². The van der Waals surface area contributed by atoms with Crippen LogP contribution in [-0.2, 0) is 19.6 Å². The number of halogens is 1. The predicted octanol–water partition coefficient (Wildman–Crippen LogP) is 0.378. The number of aliphatic carboxylic acids is 1. The van der Waals surface area contributed by atoms with E-state index in [9.17, 15) is 18.0 Å². The number of rotatable bonds is 6. The van der Waals surface area contributed by atoms with E-state index in [0.29, 0.717) is 3.79 Å². The van der Waals surface area contributed by atoms with Crippen molar-refractivity contribution in [1.82, 2.24) is 10.0 Å². The molecule has 0 saturated heterocycles. The molecule has 7 nitrogen and oxygen atoms in total. The average molecular weight is 371 g/mol. The van der Waals surface area contributed by atoms with Crippen LogP contribution in [0.1, 0.15) is 6.92 Å². The molecule has 3 N–H and O–H groups in total. The fraction of sp³-hybridized carbons (Fsp3) is 0.333. The minimum atomic E-state index is -3.76. The van der Waals surface area contributed by atoms with Gasteiger partial charge in [-0.15, -0.1) is 11.3 Å². The van der Waals surface area contributed by atoms with Crippen LogP contribution in [0.4, 0.5) is 0 Å². The van der Waals surface area contributed by atoms with Crippen molar-refractivity contribution >= 4 is 49.2 Å². The van der Waals surface area contributed by atoms with Crippen molar-refractivity contribution in [2.45, 2.75) is 17.2 Å². The second-order valence-electron chi connectivity index (χ2n) is 3.51. The van der Waals surface area contributed by atoms with Crippen molar-refractivity contribution in [2.24, 2.45) is 0 Å². The van der Waals surface area contributed by atoms with Gasteiger partial charge in [-0.2, -0.15) is 0 Å². The highest BCUT2D eigenvalue weighted by atomic mass is 79.9. The van der Waals surface area contributed by atoms with Gasteiger partial charge in [-0.3, -0.25) is 9.59 Å². The maximum atomic E-state index is 11.8. The SMILES string of the molecule is CC(NC(=O)CNS(=O)(=O)c1ccc(Br)s1)C(=O)O. The molecule has 10 heteroatoms. The summed E-state index contributed by atoms with van der Waals surface area (Å²) in [6.07, 6.45) is 0. The predicted molar refractivity (Wildman–Crippen MR) is 72.4 cm³/mol. The molecule has 0 aliphatic heterocycles. The Kier molecular flexibility index (Phi) is 5.47. The molecule has 0 spiro atoms. The average Bonchev–Trinajstić information content (AvgIpc) is 2.74. The minimum Gasteiger partial charge on any atom is -0.480 e. The number of hydrogen-bond donors (Lipinski definition) is 3. The number of carbonyl (C=O) groups excluding carboxylic acids is 1. The maximum Gasteiger partial charge on any atom is 0.325 e. The molecule has 1 unspecified atom stereocenters. The lowest BCUT2D eigenvalue weighted by Gasteiger charge is -2.09. The van der Waals surface area contributed by atoms with Crippen LogP contribution in [0.3, 0.4) is 0 Å². The first-order chi connectivity index (χ1) is 8.72. The lowest BCUT2D eigenvalue weighted by Crippen LogP contribution is -2.43. The lowest BCUT2D eigenvalue weighted by molar-refractivity contribution is -0.141. The molecule has 1 atom stereocenters. The Morgan fingerprint density at radius 1 is 1.47 bits per heavy atom. The largest absolute Gasteiger partial charge is 0.480 e. The summed E-state index contributed by atoms with van der Waals surface area (Å²) in [4.78, 5) is 21.8. The van der Waals surface area contributed by atoms with Gasteiger partial charge >= 0.3 is 5.97 Å². The highest BCUT2D eigenvalue weighted by Crippen LogP contribution is 2.25. The van der Waals surface area contributed by atoms with Gasteiger partial charge in [0.25, 0.3) is 10.0 Å². The van der Waals surface area contributed by atoms with Gasteiger partial charge < -0.3 is 10.4 Å². The molecule has 0 aliphatic rings. The minimum absolute atomic E-state index is 0.0680. The van der Waals surface area contributed by atoms with Crippen molar-refractivity contribution in [3.05, 3.63) is 15.9 Å². The topological polar surface area (TPSA) is 113 Å². The van der Waals surface area contributed by atoms with E-state index in [1.807, 2.05) is 0 Å². The van der Waals surface area contributed by atoms with Crippen LogP contribution in [0.5, 0.6) is 0 Å². The lowest BCUT2D eigenvalue weighted by atomic mass is 10.3. The summed E-state index contributed by atoms with van der Waals surface area (Å²) < 4.78 is 26.3. The Labute approximate surface area is 122 Å². The Balaban J connectivity index is 2.57. The number of carboxylic acid groups (broad SMARTS) is 1. The zero-order chi connectivity index (χ0) is 14.6. The van der Waals surface area contributed by atoms with Crippen LogP contribution in [0.2, 0.25) is 0 Å². The van der Waals surface area contributed by atoms with Gasteiger partial charge in [-0.05, 0) is 35.0 Å². The molecule has 1 rings (SSSR count). The molecule has 0 fully saturated rings. The number of amides is 1. The van der Waals surface area contributed by atoms with Crippen LogP contribution < -0.4 is 10.0 Å². The van der Waals surface area contributed by atoms with Gasteiger partial charge in [0.2, 0.25) is 5.91 Å². The van der Waals surface area contributed by atoms with E-state index in [2.05, 4.69) is 26.0 Å². The summed E-state index contributed by atoms with van der Waals surface area (Å²) in [6, 6.07) is 1.90. The van der Waals surface area contributed by atoms with Gasteiger partial charge in [-0.25, -0.2) is 13.1 Å². The highest BCUT2D eigenvalue weighted by molar-refractivity contribution is 9.11. The number of carboxylic acids is 1. The smallest absolute Gasteiger partial charge is 0.325 e. The molecule has 1 amide bonds. The molecule has 0 saturated carbocycles. The Hall–Kier alpha value is -0.970. The summed E-state index contributed by atoms with van der Waals surface area (Å²) >= 11 is 4.14. The first-order valence-corrected chi connectivity index (χ1v) is 8.09. The van der Waals surface area contributed by atoms with E-state index in [1.54, 1.807) is 6.07 Å². The van der Waals surface area contributed by atoms with Crippen molar-refractivity contribution in [1.29, 1.82) is 0 Å². The number of thiophene rings is 1. The first kappa shape index (κ1) is 16.1. The molecule has 19 heavy (non-hydrogen) atoms. The van der Waals surface area contributed by atoms with Crippen LogP contribution in [0.25, 0.3) is 0 Å². The number of carbonyl (C=O) groups is 2. The molecule has 0 radical (unpaired) electrons. The Morgan fingerprint density at radius 2 is 2.11 bits per heavy atom. The van der Waals surface area contributed by atoms with Crippen molar-refractivity contribution in [3.8, 4) is 0 Å². The van der Waals surface area contributed by atoms with Crippen molar-refractivity contribution in [3.63, 3.8) is 0 Å². The van der Waals surface area contributed by atoms with Gasteiger partial charge in [0.15, 0.2) is 0 Å². The van der Waals surface area contributed by atoms with E-state index in [4.69, 9.17) is 5.11 Å². The summed E-state index contributed by atoms with van der Waals surface area (Å²) in [5.74, 6) is -1.91. The molecular weight excluding hydrogens is 360 g/mol. The fourth-order valence-corrected chi connectivity index (χ4v) is 4.06. The normalized spacial score (nSPS) is 12.9. The summed E-state index contributed by atoms with van der Waals surface area (Å²) in [5, 5.41) is 10.7. The fourth-order valence-electron chi connectivity index (χ4n) is 1.03. The van der Waals surface area contributed by atoms with Crippen LogP contribution in [-0.4, -0.2) is 38.0 Å². The van der Waals surface area contributed by atoms with Crippen molar-refractivity contribution in [2.75, 3.05) is 6.54 Å². The monoisotopic (exact) mass is 370 g/mol. The maximum absolute atomic E-state index is 11.8. The summed E-state index contributed by atoms with van der Waals surface area (Å²) in [7, 11) is -3.76. The standard InChI is InChI=1S/C9H11BrN2O5S2/c1-5(9(14)15)12-7(13)4-11-19(16,17)8-3-2-6(10)18-8/h2-3,5,11H,4H2,1H3,(H,12,13)(H,14,15). The molecule has 0 aliphatic carbocycles. The highest BCUT2D eigenvalue weighted by Gasteiger charge is 2.19. The number of sulfonamides is 1. The zero-order valence-electron chi connectivity index (χ0n) is 9.71. The van der Waals surface area contributed by atoms with Gasteiger partial charge in [0.1, 0.15) is 10.3 Å². The van der Waals surface area contributed by atoms with Gasteiger partial charge in [-0.1, -0.05) is 0 Å². The van der Waals surface area contributed by atoms with E-state index < -0.39 is 34.5 Å². The van der Waals surface area contributed by atoms with Crippen LogP contribution >= 0.6 is 27.3 Å². The molecular formula is C9H11BrN2O5S2. The molecule has 0 aromatic carbocycles. The van der Waals surface area contributed by atoms with Crippen molar-refractivity contribution < 1.29 is 23.1 Å². The van der Waals surface area contributed by atoms with E-state index in [1.165, 1.54) is 13.0 Å². The van der Waals surface area contributed by atoms with Crippen LogP contribution in [0, 0.1) is 0 Å². The third-order valence-electron chi connectivity index (χ3n) is 1.98. The zero-order valence-corrected chi connectivity index (χ0v) is 12.9. The van der Waals surface area contributed by atoms with E-state index >= 15 is 0 Å². The van der Waals surface area contributed by atoms with Crippen LogP contribution in [0.15, 0.2) is 20.1 Å². The first-order valence-electron chi connectivity index (χ1n) is 4.99. The Bertz CT molecular complexity index is 583. The summed E-state index contributed by atoms with van der Waals surface area (Å²) in [5.41, 5.74) is 0. The van der Waals surface area contributed by atoms with E-state index in [-0.39, 0.29) is 4.21 Å². The quantitative estimate of drug-likeness (QED) is 0.669. The number of nitrogens with one attached hydrogen (secondary N) is 2. The second kappa shape index (κ2) is 6.46. The molecule has 0 bridgehead atoms. The number of hydrogen-bond acceptors (Lipinski definition) is 5. The molecule has 1 aromatic heterocycles. The molecule has 1 heterocycles. The van der Waals surface area contributed by atoms with E-state index in [0.717, 1.165) is 11.3 Å². The third kappa shape index (κ3) is 4.90. The summed E-state index contributed by atoms with van der Waals surface area (Å²) in [6.45, 7) is 0.764. The molecule has 1 aromatic rings. The van der Waals surface area contributed by atoms with Gasteiger partial charge in [0, 0.05) is 0 Å².